The number of amides is 1. The third kappa shape index (κ3) is 3.72. The topological polar surface area (TPSA) is 56.2 Å². The van der Waals surface area contributed by atoms with E-state index >= 15 is 0 Å². The maximum Gasteiger partial charge on any atom is 0.387 e. The van der Waals surface area contributed by atoms with Gasteiger partial charge in [0.25, 0.3) is 5.91 Å². The molecule has 0 aliphatic rings. The molecule has 1 amide bonds. The number of hydrogen-bond acceptors (Lipinski definition) is 3. The first-order valence-corrected chi connectivity index (χ1v) is 7.93. The lowest BCUT2D eigenvalue weighted by atomic mass is 10.2. The molecule has 0 atom stereocenters. The van der Waals surface area contributed by atoms with E-state index in [1.165, 1.54) is 24.3 Å². The van der Waals surface area contributed by atoms with Crippen molar-refractivity contribution in [2.75, 3.05) is 5.32 Å². The Labute approximate surface area is 149 Å². The smallest absolute Gasteiger partial charge is 0.387 e. The summed E-state index contributed by atoms with van der Waals surface area (Å²) in [5.74, 6) is -0.496. The van der Waals surface area contributed by atoms with E-state index in [0.29, 0.717) is 11.4 Å². The van der Waals surface area contributed by atoms with Gasteiger partial charge >= 0.3 is 6.61 Å². The standard InChI is InChI=1S/C19H17F2N3O2/c1-12-17(13(2)24(23-12)15-8-4-3-5-9-15)22-18(25)14-7-6-10-16(11-14)26-19(20)21/h3-11,19H,1-2H3,(H,22,25). The highest BCUT2D eigenvalue weighted by Gasteiger charge is 2.17. The van der Waals surface area contributed by atoms with Gasteiger partial charge in [-0.1, -0.05) is 24.3 Å². The van der Waals surface area contributed by atoms with Crippen LogP contribution in [0.3, 0.4) is 0 Å². The normalized spacial score (nSPS) is 10.8. The van der Waals surface area contributed by atoms with Crippen molar-refractivity contribution in [1.82, 2.24) is 9.78 Å². The molecule has 0 spiro atoms. The Morgan fingerprint density at radius 2 is 1.85 bits per heavy atom. The number of benzene rings is 2. The van der Waals surface area contributed by atoms with Crippen LogP contribution < -0.4 is 10.1 Å². The van der Waals surface area contributed by atoms with Gasteiger partial charge in [0.2, 0.25) is 0 Å². The number of ether oxygens (including phenoxy) is 1. The average molecular weight is 357 g/mol. The van der Waals surface area contributed by atoms with Crippen LogP contribution in [0.2, 0.25) is 0 Å². The van der Waals surface area contributed by atoms with Crippen molar-refractivity contribution in [2.24, 2.45) is 0 Å². The SMILES string of the molecule is Cc1nn(-c2ccccc2)c(C)c1NC(=O)c1cccc(OC(F)F)c1. The number of anilines is 1. The van der Waals surface area contributed by atoms with E-state index in [-0.39, 0.29) is 11.3 Å². The Bertz CT molecular complexity index is 924. The molecule has 0 saturated carbocycles. The lowest BCUT2D eigenvalue weighted by Crippen LogP contribution is -2.13. The minimum absolute atomic E-state index is 0.0684. The fraction of sp³-hybridized carbons (Fsp3) is 0.158. The van der Waals surface area contributed by atoms with E-state index in [1.54, 1.807) is 11.6 Å². The summed E-state index contributed by atoms with van der Waals surface area (Å²) in [6.07, 6.45) is 0. The maximum atomic E-state index is 12.5. The number of nitrogens with one attached hydrogen (secondary N) is 1. The predicted octanol–water partition coefficient (Wildman–Crippen LogP) is 4.34. The number of alkyl halides is 2. The number of nitrogens with zero attached hydrogens (tertiary/aromatic N) is 2. The van der Waals surface area contributed by atoms with Crippen LogP contribution in [0.5, 0.6) is 5.75 Å². The van der Waals surface area contributed by atoms with Crippen molar-refractivity contribution in [1.29, 1.82) is 0 Å². The van der Waals surface area contributed by atoms with Crippen molar-refractivity contribution >= 4 is 11.6 Å². The van der Waals surface area contributed by atoms with Crippen LogP contribution in [0, 0.1) is 13.8 Å². The number of carbonyl (C=O) groups is 1. The summed E-state index contributed by atoms with van der Waals surface area (Å²) in [5, 5.41) is 7.26. The van der Waals surface area contributed by atoms with E-state index < -0.39 is 12.5 Å². The van der Waals surface area contributed by atoms with Gasteiger partial charge in [0.15, 0.2) is 0 Å². The Kier molecular flexibility index (Phi) is 4.97. The van der Waals surface area contributed by atoms with Gasteiger partial charge in [0, 0.05) is 5.56 Å². The molecule has 0 fully saturated rings. The van der Waals surface area contributed by atoms with Crippen molar-refractivity contribution < 1.29 is 18.3 Å². The Morgan fingerprint density at radius 1 is 1.12 bits per heavy atom. The molecule has 0 aliphatic heterocycles. The van der Waals surface area contributed by atoms with Crippen LogP contribution in [0.25, 0.3) is 5.69 Å². The number of carbonyl (C=O) groups excluding carboxylic acids is 1. The van der Waals surface area contributed by atoms with Gasteiger partial charge in [0.05, 0.1) is 22.8 Å². The minimum atomic E-state index is -2.94. The molecule has 0 unspecified atom stereocenters. The van der Waals surface area contributed by atoms with Crippen molar-refractivity contribution in [2.45, 2.75) is 20.5 Å². The zero-order valence-corrected chi connectivity index (χ0v) is 14.2. The zero-order valence-electron chi connectivity index (χ0n) is 14.2. The summed E-state index contributed by atoms with van der Waals surface area (Å²) < 4.78 is 30.7. The summed E-state index contributed by atoms with van der Waals surface area (Å²) in [4.78, 5) is 12.5. The Balaban J connectivity index is 1.85. The molecule has 7 heteroatoms. The molecule has 134 valence electrons. The monoisotopic (exact) mass is 357 g/mol. The predicted molar refractivity (Wildman–Crippen MR) is 94.1 cm³/mol. The van der Waals surface area contributed by atoms with Crippen LogP contribution >= 0.6 is 0 Å². The summed E-state index contributed by atoms with van der Waals surface area (Å²) in [6.45, 7) is 0.694. The van der Waals surface area contributed by atoms with Gasteiger partial charge in [-0.25, -0.2) is 4.68 Å². The van der Waals surface area contributed by atoms with Gasteiger partial charge in [-0.2, -0.15) is 13.9 Å². The second kappa shape index (κ2) is 7.35. The second-order valence-corrected chi connectivity index (χ2v) is 5.65. The molecule has 26 heavy (non-hydrogen) atoms. The van der Waals surface area contributed by atoms with E-state index in [4.69, 9.17) is 0 Å². The molecule has 0 radical (unpaired) electrons. The molecule has 1 aromatic heterocycles. The molecule has 5 nitrogen and oxygen atoms in total. The first-order chi connectivity index (χ1) is 12.5. The van der Waals surface area contributed by atoms with E-state index in [9.17, 15) is 13.6 Å². The molecular weight excluding hydrogens is 340 g/mol. The fourth-order valence-electron chi connectivity index (χ4n) is 2.64. The molecule has 3 aromatic rings. The number of halogens is 2. The Hall–Kier alpha value is -3.22. The van der Waals surface area contributed by atoms with Gasteiger partial charge in [-0.15, -0.1) is 0 Å². The third-order valence-corrected chi connectivity index (χ3v) is 3.85. The van der Waals surface area contributed by atoms with Crippen LogP contribution in [-0.2, 0) is 0 Å². The molecule has 0 aliphatic carbocycles. The Morgan fingerprint density at radius 3 is 2.54 bits per heavy atom. The van der Waals surface area contributed by atoms with Crippen LogP contribution in [0.15, 0.2) is 54.6 Å². The van der Waals surface area contributed by atoms with Crippen LogP contribution in [0.1, 0.15) is 21.7 Å². The lowest BCUT2D eigenvalue weighted by Gasteiger charge is -2.09. The highest BCUT2D eigenvalue weighted by atomic mass is 19.3. The molecule has 0 bridgehead atoms. The summed E-state index contributed by atoms with van der Waals surface area (Å²) in [7, 11) is 0. The molecule has 1 heterocycles. The molecule has 3 rings (SSSR count). The highest BCUT2D eigenvalue weighted by Crippen LogP contribution is 2.24. The maximum absolute atomic E-state index is 12.5. The van der Waals surface area contributed by atoms with Gasteiger partial charge in [-0.3, -0.25) is 4.79 Å². The second-order valence-electron chi connectivity index (χ2n) is 5.65. The number of rotatable bonds is 5. The molecular formula is C19H17F2N3O2. The zero-order chi connectivity index (χ0) is 18.7. The van der Waals surface area contributed by atoms with Crippen LogP contribution in [0.4, 0.5) is 14.5 Å². The van der Waals surface area contributed by atoms with Gasteiger partial charge in [-0.05, 0) is 44.2 Å². The number of aryl methyl sites for hydroxylation is 1. The minimum Gasteiger partial charge on any atom is -0.435 e. The van der Waals surface area contributed by atoms with E-state index in [1.807, 2.05) is 37.3 Å². The molecule has 0 saturated heterocycles. The van der Waals surface area contributed by atoms with Crippen LogP contribution in [-0.4, -0.2) is 22.3 Å². The lowest BCUT2D eigenvalue weighted by molar-refractivity contribution is -0.0498. The average Bonchev–Trinajstić information content (AvgIpc) is 2.90. The molecule has 1 N–H and O–H groups in total. The first kappa shape index (κ1) is 17.6. The van der Waals surface area contributed by atoms with E-state index in [2.05, 4.69) is 15.2 Å². The summed E-state index contributed by atoms with van der Waals surface area (Å²) in [5.41, 5.74) is 3.09. The summed E-state index contributed by atoms with van der Waals surface area (Å²) in [6, 6.07) is 15.2. The number of para-hydroxylation sites is 1. The van der Waals surface area contributed by atoms with Gasteiger partial charge in [0.1, 0.15) is 5.75 Å². The van der Waals surface area contributed by atoms with Crippen molar-refractivity contribution in [3.05, 3.63) is 71.5 Å². The van der Waals surface area contributed by atoms with Gasteiger partial charge < -0.3 is 10.1 Å². The van der Waals surface area contributed by atoms with Crippen molar-refractivity contribution in [3.8, 4) is 11.4 Å². The largest absolute Gasteiger partial charge is 0.435 e. The number of aromatic nitrogens is 2. The first-order valence-electron chi connectivity index (χ1n) is 7.93. The van der Waals surface area contributed by atoms with E-state index in [0.717, 1.165) is 11.4 Å². The molecule has 2 aromatic carbocycles. The highest BCUT2D eigenvalue weighted by molar-refractivity contribution is 6.05. The third-order valence-electron chi connectivity index (χ3n) is 3.85. The quantitative estimate of drug-likeness (QED) is 0.739. The van der Waals surface area contributed by atoms with Crippen molar-refractivity contribution in [3.63, 3.8) is 0 Å². The number of hydrogen-bond donors (Lipinski definition) is 1. The fourth-order valence-corrected chi connectivity index (χ4v) is 2.64. The summed E-state index contributed by atoms with van der Waals surface area (Å²) >= 11 is 0.